The topological polar surface area (TPSA) is 80.5 Å². The number of hydrogen-bond donors (Lipinski definition) is 1. The first-order valence-electron chi connectivity index (χ1n) is 13.7. The lowest BCUT2D eigenvalue weighted by Crippen LogP contribution is -2.53. The molecule has 40 heavy (non-hydrogen) atoms. The molecule has 1 amide bonds. The number of ether oxygens (including phenoxy) is 1. The van der Waals surface area contributed by atoms with Crippen molar-refractivity contribution in [3.8, 4) is 17.2 Å². The molecule has 0 spiro atoms. The molecule has 2 atom stereocenters. The molecule has 1 aliphatic carbocycles. The summed E-state index contributed by atoms with van der Waals surface area (Å²) >= 11 is 0. The first-order valence-corrected chi connectivity index (χ1v) is 14.2. The molecule has 8 heteroatoms. The minimum atomic E-state index is -0.490. The van der Waals surface area contributed by atoms with Crippen LogP contribution < -0.4 is 10.1 Å². The number of oxazole rings is 1. The molecule has 1 saturated heterocycles. The van der Waals surface area contributed by atoms with Crippen molar-refractivity contribution in [1.29, 1.82) is 0 Å². The highest BCUT2D eigenvalue weighted by Gasteiger charge is 2.47. The molecule has 0 bridgehead atoms. The predicted molar refractivity (Wildman–Crippen MR) is 156 cm³/mol. The maximum Gasteiger partial charge on any atom is 0.252 e. The fourth-order valence-corrected chi connectivity index (χ4v) is 6.19. The first-order chi connectivity index (χ1) is 19.4. The van der Waals surface area contributed by atoms with Crippen LogP contribution in [-0.2, 0) is 5.54 Å². The summed E-state index contributed by atoms with van der Waals surface area (Å²) in [5, 5.41) is 4.39. The van der Waals surface area contributed by atoms with Crippen LogP contribution in [0.2, 0.25) is 0 Å². The van der Waals surface area contributed by atoms with Gasteiger partial charge in [0.2, 0.25) is 5.89 Å². The van der Waals surface area contributed by atoms with E-state index in [4.69, 9.17) is 14.1 Å². The highest BCUT2D eigenvalue weighted by molar-refractivity contribution is 6.11. The highest BCUT2D eigenvalue weighted by atomic mass is 28.1. The summed E-state index contributed by atoms with van der Waals surface area (Å²) in [6, 6.07) is 21.9. The molecule has 1 saturated carbocycles. The molecule has 1 aliphatic heterocycles. The van der Waals surface area contributed by atoms with Gasteiger partial charge < -0.3 is 19.4 Å². The van der Waals surface area contributed by atoms with Gasteiger partial charge in [0.15, 0.2) is 5.58 Å². The van der Waals surface area contributed by atoms with Crippen LogP contribution in [0.15, 0.2) is 77.3 Å². The number of likely N-dealkylation sites (tertiary alicyclic amines) is 1. The Morgan fingerprint density at radius 1 is 1.12 bits per heavy atom. The Labute approximate surface area is 236 Å². The lowest BCUT2D eigenvalue weighted by atomic mass is 9.95. The number of benzene rings is 3. The summed E-state index contributed by atoms with van der Waals surface area (Å²) in [6.45, 7) is 3.02. The Kier molecular flexibility index (Phi) is 5.98. The lowest BCUT2D eigenvalue weighted by molar-refractivity contribution is 0.0562. The summed E-state index contributed by atoms with van der Waals surface area (Å²) in [7, 11) is 5.83. The first kappa shape index (κ1) is 25.0. The van der Waals surface area contributed by atoms with Gasteiger partial charge in [-0.25, -0.2) is 4.98 Å². The molecule has 199 valence electrons. The number of carbonyl (C=O) groups excluding carboxylic acids is 1. The fourth-order valence-electron chi connectivity index (χ4n) is 5.63. The van der Waals surface area contributed by atoms with E-state index in [0.29, 0.717) is 23.2 Å². The average Bonchev–Trinajstić information content (AvgIpc) is 3.59. The van der Waals surface area contributed by atoms with E-state index in [-0.39, 0.29) is 11.6 Å². The van der Waals surface area contributed by atoms with Crippen LogP contribution in [-0.4, -0.2) is 56.4 Å². The van der Waals surface area contributed by atoms with Crippen LogP contribution >= 0.6 is 0 Å². The van der Waals surface area contributed by atoms with Gasteiger partial charge in [-0.1, -0.05) is 24.3 Å². The third-order valence-corrected chi connectivity index (χ3v) is 8.79. The molecule has 3 radical (unpaired) electrons. The van der Waals surface area contributed by atoms with Gasteiger partial charge in [0, 0.05) is 28.8 Å². The normalized spacial score (nSPS) is 18.8. The lowest BCUT2D eigenvalue weighted by Gasteiger charge is -2.41. The van der Waals surface area contributed by atoms with E-state index in [1.807, 2.05) is 61.5 Å². The van der Waals surface area contributed by atoms with E-state index in [1.165, 1.54) is 0 Å². The molecule has 1 N–H and O–H groups in total. The predicted octanol–water partition coefficient (Wildman–Crippen LogP) is 5.35. The number of pyridine rings is 1. The zero-order chi connectivity index (χ0) is 27.4. The maximum absolute atomic E-state index is 13.8. The quantitative estimate of drug-likeness (QED) is 0.278. The Morgan fingerprint density at radius 2 is 1.98 bits per heavy atom. The second kappa shape index (κ2) is 9.57. The standard InChI is InChI=1S/C32H29N4O3Si/c1-19-9-10-21(38-31(40)27-11-15-36(27)2)18-23(19)29(37)35-32(12-13-32)24-16-20(17-26-22(24)6-5-14-33-26)30-34-25-7-3-4-8-28(25)39-30/h3-10,14,16-18,27,31H,11-13,15H2,1-2H3,(H,35,37)/t27-,31?/m0/s1. The SMILES string of the molecule is Cc1ccc(OC([Si])[C@@H]2CCN2C)cc1C(=O)NC1(c2cc(-c3nc4ccccc4o3)cc3ncccc23)CC1. The van der Waals surface area contributed by atoms with E-state index in [0.717, 1.165) is 64.5 Å². The minimum Gasteiger partial charge on any atom is -0.493 e. The van der Waals surface area contributed by atoms with Crippen LogP contribution in [0.25, 0.3) is 33.5 Å². The van der Waals surface area contributed by atoms with E-state index < -0.39 is 5.54 Å². The fraction of sp³-hybridized carbons (Fsp3) is 0.281. The average molecular weight is 546 g/mol. The highest BCUT2D eigenvalue weighted by Crippen LogP contribution is 2.49. The number of nitrogens with one attached hydrogen (secondary N) is 1. The number of aromatic nitrogens is 2. The maximum atomic E-state index is 13.8. The monoisotopic (exact) mass is 545 g/mol. The van der Waals surface area contributed by atoms with Gasteiger partial charge in [-0.2, -0.15) is 0 Å². The van der Waals surface area contributed by atoms with E-state index in [2.05, 4.69) is 44.6 Å². The van der Waals surface area contributed by atoms with Crippen molar-refractivity contribution in [1.82, 2.24) is 20.2 Å². The van der Waals surface area contributed by atoms with Gasteiger partial charge >= 0.3 is 0 Å². The minimum absolute atomic E-state index is 0.115. The Morgan fingerprint density at radius 3 is 2.73 bits per heavy atom. The van der Waals surface area contributed by atoms with Gasteiger partial charge in [0.25, 0.3) is 5.91 Å². The van der Waals surface area contributed by atoms with E-state index >= 15 is 0 Å². The Hall–Kier alpha value is -4.01. The molecular weight excluding hydrogens is 516 g/mol. The van der Waals surface area contributed by atoms with Crippen molar-refractivity contribution in [3.05, 3.63) is 89.6 Å². The van der Waals surface area contributed by atoms with Crippen molar-refractivity contribution in [2.24, 2.45) is 0 Å². The zero-order valence-corrected chi connectivity index (χ0v) is 23.5. The molecule has 3 aromatic carbocycles. The van der Waals surface area contributed by atoms with Gasteiger partial charge in [-0.15, -0.1) is 0 Å². The number of likely N-dealkylation sites (N-methyl/N-ethyl adjacent to an activating group) is 1. The number of para-hydroxylation sites is 2. The smallest absolute Gasteiger partial charge is 0.252 e. The van der Waals surface area contributed by atoms with Gasteiger partial charge in [-0.3, -0.25) is 9.78 Å². The van der Waals surface area contributed by atoms with E-state index in [9.17, 15) is 4.79 Å². The van der Waals surface area contributed by atoms with Crippen molar-refractivity contribution >= 4 is 38.2 Å². The summed E-state index contributed by atoms with van der Waals surface area (Å²) in [5.41, 5.74) is 5.14. The van der Waals surface area contributed by atoms with Crippen molar-refractivity contribution in [2.75, 3.05) is 13.6 Å². The molecule has 7 nitrogen and oxygen atoms in total. The molecule has 2 aromatic heterocycles. The van der Waals surface area contributed by atoms with Crippen molar-refractivity contribution in [3.63, 3.8) is 0 Å². The number of nitrogens with zero attached hydrogens (tertiary/aromatic N) is 3. The summed E-state index contributed by atoms with van der Waals surface area (Å²) in [5.74, 6) is 1.10. The summed E-state index contributed by atoms with van der Waals surface area (Å²) < 4.78 is 12.3. The number of aryl methyl sites for hydroxylation is 1. The number of amides is 1. The van der Waals surface area contributed by atoms with Gasteiger partial charge in [-0.05, 0) is 93.4 Å². The zero-order valence-electron chi connectivity index (χ0n) is 22.5. The Bertz CT molecular complexity index is 1730. The number of carbonyl (C=O) groups is 1. The van der Waals surface area contributed by atoms with Crippen LogP contribution in [0.4, 0.5) is 0 Å². The molecule has 5 aromatic rings. The largest absolute Gasteiger partial charge is 0.493 e. The molecule has 2 fully saturated rings. The van der Waals surface area contributed by atoms with Crippen LogP contribution in [0.5, 0.6) is 5.75 Å². The second-order valence-electron chi connectivity index (χ2n) is 11.0. The summed E-state index contributed by atoms with van der Waals surface area (Å²) in [6.07, 6.45) is 4.55. The third kappa shape index (κ3) is 4.37. The molecule has 7 rings (SSSR count). The van der Waals surface area contributed by atoms with Crippen molar-refractivity contribution < 1.29 is 13.9 Å². The number of hydrogen-bond acceptors (Lipinski definition) is 6. The van der Waals surface area contributed by atoms with Crippen molar-refractivity contribution in [2.45, 2.75) is 43.5 Å². The van der Waals surface area contributed by atoms with Gasteiger partial charge in [0.1, 0.15) is 11.3 Å². The molecule has 2 aliphatic rings. The molecular formula is C32H29N4O3Si. The van der Waals surface area contributed by atoms with Crippen LogP contribution in [0, 0.1) is 6.92 Å². The molecule has 3 heterocycles. The Balaban J connectivity index is 1.21. The third-order valence-electron chi connectivity index (χ3n) is 8.29. The van der Waals surface area contributed by atoms with E-state index in [1.54, 1.807) is 6.20 Å². The number of rotatable bonds is 7. The second-order valence-corrected chi connectivity index (χ2v) is 11.5. The van der Waals surface area contributed by atoms with Crippen LogP contribution in [0.3, 0.4) is 0 Å². The van der Waals surface area contributed by atoms with Gasteiger partial charge in [0.05, 0.1) is 27.0 Å². The number of fused-ring (bicyclic) bond motifs is 2. The van der Waals surface area contributed by atoms with Crippen LogP contribution in [0.1, 0.15) is 40.7 Å². The molecule has 1 unspecified atom stereocenters. The summed E-state index contributed by atoms with van der Waals surface area (Å²) in [4.78, 5) is 25.4.